The lowest BCUT2D eigenvalue weighted by Crippen LogP contribution is -2.17. The number of aromatic amines is 1. The van der Waals surface area contributed by atoms with E-state index in [1.807, 2.05) is 0 Å². The summed E-state index contributed by atoms with van der Waals surface area (Å²) in [4.78, 5) is 19.1. The van der Waals surface area contributed by atoms with Gasteiger partial charge in [0, 0.05) is 7.05 Å². The molecule has 0 spiro atoms. The average molecular weight is 279 g/mol. The van der Waals surface area contributed by atoms with E-state index in [0.29, 0.717) is 22.7 Å². The van der Waals surface area contributed by atoms with E-state index in [0.717, 1.165) is 12.8 Å². The molecule has 3 heterocycles. The number of H-pyrrole nitrogens is 1. The van der Waals surface area contributed by atoms with Crippen LogP contribution in [0, 0.1) is 6.92 Å². The standard InChI is InChI=1S/C12H17N5O3/c1-6-9-10(14-12(13-2)15-11(9)19)17(16-6)8-4-3-7(5-18)20-8/h7-8,18H,3-5H2,1-2H3,(H2,13,14,15,19)/t7-,8+/m0/s1. The summed E-state index contributed by atoms with van der Waals surface area (Å²) in [7, 11) is 1.69. The number of nitrogens with one attached hydrogen (secondary N) is 2. The Morgan fingerprint density at radius 2 is 2.35 bits per heavy atom. The largest absolute Gasteiger partial charge is 0.394 e. The zero-order valence-corrected chi connectivity index (χ0v) is 11.4. The van der Waals surface area contributed by atoms with Crippen molar-refractivity contribution >= 4 is 17.0 Å². The second kappa shape index (κ2) is 4.88. The van der Waals surface area contributed by atoms with Crippen molar-refractivity contribution < 1.29 is 9.84 Å². The quantitative estimate of drug-likeness (QED) is 0.738. The van der Waals surface area contributed by atoms with Gasteiger partial charge in [-0.1, -0.05) is 0 Å². The molecule has 3 N–H and O–H groups in total. The van der Waals surface area contributed by atoms with Crippen molar-refractivity contribution in [3.05, 3.63) is 16.0 Å². The molecule has 0 radical (unpaired) electrons. The van der Waals surface area contributed by atoms with Gasteiger partial charge in [0.15, 0.2) is 11.9 Å². The van der Waals surface area contributed by atoms with Crippen molar-refractivity contribution in [1.29, 1.82) is 0 Å². The van der Waals surface area contributed by atoms with Crippen LogP contribution in [-0.4, -0.2) is 44.6 Å². The van der Waals surface area contributed by atoms with E-state index in [1.165, 1.54) is 0 Å². The number of hydrogen-bond acceptors (Lipinski definition) is 6. The second-order valence-electron chi connectivity index (χ2n) is 4.87. The molecular weight excluding hydrogens is 262 g/mol. The van der Waals surface area contributed by atoms with Crippen molar-refractivity contribution in [2.24, 2.45) is 0 Å². The number of hydrogen-bond donors (Lipinski definition) is 3. The minimum Gasteiger partial charge on any atom is -0.394 e. The summed E-state index contributed by atoms with van der Waals surface area (Å²) < 4.78 is 7.34. The monoisotopic (exact) mass is 279 g/mol. The van der Waals surface area contributed by atoms with E-state index in [2.05, 4.69) is 20.4 Å². The maximum atomic E-state index is 12.1. The lowest BCUT2D eigenvalue weighted by Gasteiger charge is -2.13. The lowest BCUT2D eigenvalue weighted by atomic mass is 10.2. The molecule has 3 rings (SSSR count). The molecule has 0 unspecified atom stereocenters. The van der Waals surface area contributed by atoms with Gasteiger partial charge in [-0.3, -0.25) is 9.78 Å². The van der Waals surface area contributed by atoms with Gasteiger partial charge in [0.1, 0.15) is 5.39 Å². The minimum absolute atomic E-state index is 0.00946. The van der Waals surface area contributed by atoms with Gasteiger partial charge in [0.25, 0.3) is 5.56 Å². The molecule has 2 aromatic rings. The van der Waals surface area contributed by atoms with Gasteiger partial charge < -0.3 is 15.2 Å². The maximum Gasteiger partial charge on any atom is 0.263 e. The van der Waals surface area contributed by atoms with Gasteiger partial charge in [0.2, 0.25) is 5.95 Å². The first-order valence-electron chi connectivity index (χ1n) is 6.57. The minimum atomic E-state index is -0.289. The third-order valence-corrected chi connectivity index (χ3v) is 3.54. The molecule has 0 saturated carbocycles. The molecule has 2 atom stereocenters. The van der Waals surface area contributed by atoms with Crippen LogP contribution in [0.15, 0.2) is 4.79 Å². The highest BCUT2D eigenvalue weighted by atomic mass is 16.5. The third-order valence-electron chi connectivity index (χ3n) is 3.54. The molecule has 0 amide bonds. The molecule has 20 heavy (non-hydrogen) atoms. The fraction of sp³-hybridized carbons (Fsp3) is 0.583. The summed E-state index contributed by atoms with van der Waals surface area (Å²) in [6.07, 6.45) is 1.04. The highest BCUT2D eigenvalue weighted by Gasteiger charge is 2.29. The molecule has 0 bridgehead atoms. The zero-order valence-electron chi connectivity index (χ0n) is 11.4. The molecule has 108 valence electrons. The van der Waals surface area contributed by atoms with Crippen molar-refractivity contribution in [3.63, 3.8) is 0 Å². The molecule has 0 aliphatic carbocycles. The molecular formula is C12H17N5O3. The van der Waals surface area contributed by atoms with Crippen molar-refractivity contribution in [2.75, 3.05) is 19.0 Å². The van der Waals surface area contributed by atoms with Crippen molar-refractivity contribution in [3.8, 4) is 0 Å². The number of aryl methyl sites for hydroxylation is 1. The van der Waals surface area contributed by atoms with Gasteiger partial charge in [-0.2, -0.15) is 10.1 Å². The predicted molar refractivity (Wildman–Crippen MR) is 72.7 cm³/mol. The maximum absolute atomic E-state index is 12.1. The number of aromatic nitrogens is 4. The Morgan fingerprint density at radius 1 is 1.55 bits per heavy atom. The van der Waals surface area contributed by atoms with Crippen LogP contribution in [0.3, 0.4) is 0 Å². The van der Waals surface area contributed by atoms with Gasteiger partial charge in [-0.25, -0.2) is 4.68 Å². The molecule has 8 heteroatoms. The summed E-state index contributed by atoms with van der Waals surface area (Å²) in [6, 6.07) is 0. The van der Waals surface area contributed by atoms with Crippen molar-refractivity contribution in [1.82, 2.24) is 19.7 Å². The molecule has 1 fully saturated rings. The van der Waals surface area contributed by atoms with Gasteiger partial charge >= 0.3 is 0 Å². The Balaban J connectivity index is 2.12. The van der Waals surface area contributed by atoms with Gasteiger partial charge in [0.05, 0.1) is 18.4 Å². The molecule has 1 saturated heterocycles. The van der Waals surface area contributed by atoms with Crippen LogP contribution >= 0.6 is 0 Å². The van der Waals surface area contributed by atoms with Crippen LogP contribution in [0.4, 0.5) is 5.95 Å². The molecule has 2 aromatic heterocycles. The number of rotatable bonds is 3. The topological polar surface area (TPSA) is 105 Å². The van der Waals surface area contributed by atoms with E-state index in [1.54, 1.807) is 18.7 Å². The summed E-state index contributed by atoms with van der Waals surface area (Å²) in [5, 5.41) is 16.8. The van der Waals surface area contributed by atoms with Crippen LogP contribution in [0.25, 0.3) is 11.0 Å². The van der Waals surface area contributed by atoms with Crippen LogP contribution in [0.2, 0.25) is 0 Å². The van der Waals surface area contributed by atoms with Crippen LogP contribution in [0.5, 0.6) is 0 Å². The Bertz CT molecular complexity index is 692. The summed E-state index contributed by atoms with van der Waals surface area (Å²) in [6.45, 7) is 1.76. The first-order valence-corrected chi connectivity index (χ1v) is 6.57. The SMILES string of the molecule is CNc1nc2c(c(C)nn2[C@H]2CC[C@@H](CO)O2)c(=O)[nH]1. The van der Waals surface area contributed by atoms with Crippen molar-refractivity contribution in [2.45, 2.75) is 32.1 Å². The number of ether oxygens (including phenoxy) is 1. The van der Waals surface area contributed by atoms with Gasteiger partial charge in [-0.15, -0.1) is 0 Å². The van der Waals surface area contributed by atoms with Gasteiger partial charge in [-0.05, 0) is 19.8 Å². The highest BCUT2D eigenvalue weighted by molar-refractivity contribution is 5.78. The summed E-state index contributed by atoms with van der Waals surface area (Å²) in [5.74, 6) is 0.389. The lowest BCUT2D eigenvalue weighted by molar-refractivity contribution is -0.0263. The predicted octanol–water partition coefficient (Wildman–Crippen LogP) is 0.140. The molecule has 0 aromatic carbocycles. The van der Waals surface area contributed by atoms with E-state index in [-0.39, 0.29) is 24.5 Å². The number of nitrogens with zero attached hydrogens (tertiary/aromatic N) is 3. The number of anilines is 1. The fourth-order valence-electron chi connectivity index (χ4n) is 2.53. The highest BCUT2D eigenvalue weighted by Crippen LogP contribution is 2.30. The van der Waals surface area contributed by atoms with Crippen LogP contribution in [0.1, 0.15) is 24.8 Å². The molecule has 8 nitrogen and oxygen atoms in total. The first kappa shape index (κ1) is 13.1. The Labute approximate surface area is 114 Å². The Morgan fingerprint density at radius 3 is 3.00 bits per heavy atom. The number of aliphatic hydroxyl groups excluding tert-OH is 1. The van der Waals surface area contributed by atoms with Crippen LogP contribution < -0.4 is 10.9 Å². The second-order valence-corrected chi connectivity index (χ2v) is 4.87. The molecule has 1 aliphatic heterocycles. The number of aliphatic hydroxyl groups is 1. The normalized spacial score (nSPS) is 22.6. The Kier molecular flexibility index (Phi) is 3.19. The van der Waals surface area contributed by atoms with Crippen LogP contribution in [-0.2, 0) is 4.74 Å². The zero-order chi connectivity index (χ0) is 14.3. The number of fused-ring (bicyclic) bond motifs is 1. The summed E-state index contributed by atoms with van der Waals surface area (Å²) in [5.41, 5.74) is 0.895. The third kappa shape index (κ3) is 1.97. The molecule has 1 aliphatic rings. The first-order chi connectivity index (χ1) is 9.63. The summed E-state index contributed by atoms with van der Waals surface area (Å²) >= 11 is 0. The Hall–Kier alpha value is -1.93. The van der Waals surface area contributed by atoms with E-state index < -0.39 is 0 Å². The fourth-order valence-corrected chi connectivity index (χ4v) is 2.53. The average Bonchev–Trinajstić information content (AvgIpc) is 3.03. The van der Waals surface area contributed by atoms with E-state index >= 15 is 0 Å². The van der Waals surface area contributed by atoms with E-state index in [4.69, 9.17) is 9.84 Å². The van der Waals surface area contributed by atoms with E-state index in [9.17, 15) is 4.79 Å². The smallest absolute Gasteiger partial charge is 0.263 e.